The molecule has 1 amide bonds. The summed E-state index contributed by atoms with van der Waals surface area (Å²) in [7, 11) is 0. The van der Waals surface area contributed by atoms with Crippen LogP contribution >= 0.6 is 12.4 Å². The average molecular weight is 351 g/mol. The highest BCUT2D eigenvalue weighted by Crippen LogP contribution is 2.24. The predicted molar refractivity (Wildman–Crippen MR) is 92.3 cm³/mol. The van der Waals surface area contributed by atoms with Gasteiger partial charge in [0.05, 0.1) is 13.2 Å². The number of benzene rings is 2. The number of ether oxygens (including phenoxy) is 1. The molecule has 6 heteroatoms. The lowest BCUT2D eigenvalue weighted by molar-refractivity contribution is -0.140. The van der Waals surface area contributed by atoms with Crippen LogP contribution in [0.5, 0.6) is 0 Å². The summed E-state index contributed by atoms with van der Waals surface area (Å²) in [6.07, 6.45) is -0.253. The molecule has 2 atom stereocenters. The second-order valence-corrected chi connectivity index (χ2v) is 5.58. The van der Waals surface area contributed by atoms with Crippen LogP contribution in [0.1, 0.15) is 23.3 Å². The monoisotopic (exact) mass is 350 g/mol. The van der Waals surface area contributed by atoms with E-state index in [0.29, 0.717) is 19.7 Å². The van der Waals surface area contributed by atoms with Crippen molar-refractivity contribution in [2.24, 2.45) is 5.73 Å². The minimum Gasteiger partial charge on any atom is -0.370 e. The zero-order valence-electron chi connectivity index (χ0n) is 13.1. The van der Waals surface area contributed by atoms with Crippen LogP contribution in [-0.4, -0.2) is 30.5 Å². The lowest BCUT2D eigenvalue weighted by atomic mass is 10.0. The first-order chi connectivity index (χ1) is 11.1. The molecule has 0 saturated carbocycles. The molecular formula is C18H20ClFN2O2. The van der Waals surface area contributed by atoms with Gasteiger partial charge in [-0.3, -0.25) is 4.79 Å². The second kappa shape index (κ2) is 8.24. The number of amides is 1. The lowest BCUT2D eigenvalue weighted by Gasteiger charge is -2.34. The Morgan fingerprint density at radius 2 is 1.83 bits per heavy atom. The maximum Gasteiger partial charge on any atom is 0.244 e. The fourth-order valence-corrected chi connectivity index (χ4v) is 2.73. The number of carbonyl (C=O) groups is 1. The molecule has 2 unspecified atom stereocenters. The molecule has 2 aromatic carbocycles. The standard InChI is InChI=1S/C18H19FN2O2.ClH/c19-15-8-6-13(7-9-15)16-12-21(10-11-23-16)18(22)17(20)14-4-2-1-3-5-14;/h1-9,16-17H,10-12,20H2;1H. The molecule has 4 nitrogen and oxygen atoms in total. The average Bonchev–Trinajstić information content (AvgIpc) is 2.62. The van der Waals surface area contributed by atoms with E-state index in [1.165, 1.54) is 12.1 Å². The van der Waals surface area contributed by atoms with Crippen molar-refractivity contribution >= 4 is 18.3 Å². The number of halogens is 2. The van der Waals surface area contributed by atoms with E-state index in [1.54, 1.807) is 17.0 Å². The van der Waals surface area contributed by atoms with Crippen molar-refractivity contribution in [1.29, 1.82) is 0 Å². The van der Waals surface area contributed by atoms with Crippen LogP contribution in [0, 0.1) is 5.82 Å². The Hall–Kier alpha value is -1.95. The van der Waals surface area contributed by atoms with E-state index in [-0.39, 0.29) is 30.2 Å². The number of nitrogens with two attached hydrogens (primary N) is 1. The van der Waals surface area contributed by atoms with Gasteiger partial charge in [-0.05, 0) is 23.3 Å². The van der Waals surface area contributed by atoms with Gasteiger partial charge in [-0.1, -0.05) is 42.5 Å². The highest BCUT2D eigenvalue weighted by atomic mass is 35.5. The van der Waals surface area contributed by atoms with Crippen molar-refractivity contribution in [1.82, 2.24) is 4.90 Å². The van der Waals surface area contributed by atoms with Gasteiger partial charge >= 0.3 is 0 Å². The Morgan fingerprint density at radius 1 is 1.17 bits per heavy atom. The van der Waals surface area contributed by atoms with Crippen LogP contribution in [0.3, 0.4) is 0 Å². The molecular weight excluding hydrogens is 331 g/mol. The van der Waals surface area contributed by atoms with Crippen LogP contribution in [0.2, 0.25) is 0 Å². The normalized spacial score (nSPS) is 18.6. The van der Waals surface area contributed by atoms with E-state index in [2.05, 4.69) is 0 Å². The largest absolute Gasteiger partial charge is 0.370 e. The number of nitrogens with zero attached hydrogens (tertiary/aromatic N) is 1. The zero-order valence-corrected chi connectivity index (χ0v) is 13.9. The molecule has 1 fully saturated rings. The van der Waals surface area contributed by atoms with E-state index < -0.39 is 6.04 Å². The lowest BCUT2D eigenvalue weighted by Crippen LogP contribution is -2.46. The van der Waals surface area contributed by atoms with Crippen molar-refractivity contribution < 1.29 is 13.9 Å². The molecule has 0 spiro atoms. The minimum absolute atomic E-state index is 0. The van der Waals surface area contributed by atoms with E-state index in [0.717, 1.165) is 11.1 Å². The van der Waals surface area contributed by atoms with Gasteiger partial charge in [0.2, 0.25) is 5.91 Å². The van der Waals surface area contributed by atoms with Crippen LogP contribution < -0.4 is 5.73 Å². The highest BCUT2D eigenvalue weighted by molar-refractivity contribution is 5.85. The number of carbonyl (C=O) groups excluding carboxylic acids is 1. The Labute approximate surface area is 146 Å². The van der Waals surface area contributed by atoms with Crippen LogP contribution in [-0.2, 0) is 9.53 Å². The number of hydrogen-bond donors (Lipinski definition) is 1. The Balaban J connectivity index is 0.00000208. The maximum atomic E-state index is 13.0. The summed E-state index contributed by atoms with van der Waals surface area (Å²) in [5.74, 6) is -0.407. The Bertz CT molecular complexity index is 666. The summed E-state index contributed by atoms with van der Waals surface area (Å²) >= 11 is 0. The molecule has 128 valence electrons. The van der Waals surface area contributed by atoms with Crippen molar-refractivity contribution in [2.45, 2.75) is 12.1 Å². The van der Waals surface area contributed by atoms with Crippen molar-refractivity contribution in [3.8, 4) is 0 Å². The van der Waals surface area contributed by atoms with Gasteiger partial charge in [-0.25, -0.2) is 4.39 Å². The van der Waals surface area contributed by atoms with Gasteiger partial charge < -0.3 is 15.4 Å². The molecule has 0 bridgehead atoms. The topological polar surface area (TPSA) is 55.6 Å². The number of hydrogen-bond acceptors (Lipinski definition) is 3. The molecule has 1 aliphatic heterocycles. The van der Waals surface area contributed by atoms with Gasteiger partial charge in [-0.15, -0.1) is 12.4 Å². The molecule has 24 heavy (non-hydrogen) atoms. The first-order valence-corrected chi connectivity index (χ1v) is 7.61. The SMILES string of the molecule is Cl.NC(C(=O)N1CCOC(c2ccc(F)cc2)C1)c1ccccc1. The quantitative estimate of drug-likeness (QED) is 0.926. The molecule has 3 rings (SSSR count). The zero-order chi connectivity index (χ0) is 16.2. The molecule has 1 heterocycles. The summed E-state index contributed by atoms with van der Waals surface area (Å²) in [6, 6.07) is 14.8. The second-order valence-electron chi connectivity index (χ2n) is 5.58. The predicted octanol–water partition coefficient (Wildman–Crippen LogP) is 2.85. The summed E-state index contributed by atoms with van der Waals surface area (Å²) in [5.41, 5.74) is 7.74. The Kier molecular flexibility index (Phi) is 6.31. The van der Waals surface area contributed by atoms with Gasteiger partial charge in [0.15, 0.2) is 0 Å². The first-order valence-electron chi connectivity index (χ1n) is 7.61. The minimum atomic E-state index is -0.678. The third-order valence-corrected chi connectivity index (χ3v) is 4.04. The molecule has 0 radical (unpaired) electrons. The van der Waals surface area contributed by atoms with Crippen LogP contribution in [0.15, 0.2) is 54.6 Å². The van der Waals surface area contributed by atoms with Gasteiger partial charge in [0.25, 0.3) is 0 Å². The van der Waals surface area contributed by atoms with Crippen molar-refractivity contribution in [3.05, 3.63) is 71.5 Å². The molecule has 1 saturated heterocycles. The summed E-state index contributed by atoms with van der Waals surface area (Å²) in [6.45, 7) is 1.37. The van der Waals surface area contributed by atoms with Crippen LogP contribution in [0.4, 0.5) is 4.39 Å². The van der Waals surface area contributed by atoms with Gasteiger partial charge in [0.1, 0.15) is 18.0 Å². The summed E-state index contributed by atoms with van der Waals surface area (Å²) in [4.78, 5) is 14.3. The highest BCUT2D eigenvalue weighted by Gasteiger charge is 2.29. The molecule has 0 aliphatic carbocycles. The van der Waals surface area contributed by atoms with Crippen molar-refractivity contribution in [3.63, 3.8) is 0 Å². The van der Waals surface area contributed by atoms with Crippen LogP contribution in [0.25, 0.3) is 0 Å². The van der Waals surface area contributed by atoms with E-state index >= 15 is 0 Å². The third-order valence-electron chi connectivity index (χ3n) is 4.04. The van der Waals surface area contributed by atoms with Gasteiger partial charge in [0, 0.05) is 6.54 Å². The van der Waals surface area contributed by atoms with Crippen molar-refractivity contribution in [2.75, 3.05) is 19.7 Å². The van der Waals surface area contributed by atoms with Gasteiger partial charge in [-0.2, -0.15) is 0 Å². The molecule has 2 N–H and O–H groups in total. The van der Waals surface area contributed by atoms with E-state index in [9.17, 15) is 9.18 Å². The molecule has 1 aliphatic rings. The summed E-state index contributed by atoms with van der Waals surface area (Å²) in [5, 5.41) is 0. The van der Waals surface area contributed by atoms with E-state index in [1.807, 2.05) is 30.3 Å². The third kappa shape index (κ3) is 4.12. The smallest absolute Gasteiger partial charge is 0.244 e. The first kappa shape index (κ1) is 18.4. The number of rotatable bonds is 3. The number of morpholine rings is 1. The summed E-state index contributed by atoms with van der Waals surface area (Å²) < 4.78 is 18.7. The molecule has 0 aromatic heterocycles. The molecule has 2 aromatic rings. The fourth-order valence-electron chi connectivity index (χ4n) is 2.73. The van der Waals surface area contributed by atoms with E-state index in [4.69, 9.17) is 10.5 Å². The Morgan fingerprint density at radius 3 is 2.50 bits per heavy atom. The maximum absolute atomic E-state index is 13.0. The fraction of sp³-hybridized carbons (Fsp3) is 0.278.